The van der Waals surface area contributed by atoms with Gasteiger partial charge in [-0.05, 0) is 12.1 Å². The second-order valence-corrected chi connectivity index (χ2v) is 2.85. The molecule has 2 rings (SSSR count). The SMILES string of the molecule is O=Cc1cccc(-n2cc[nH]c2=O)c1. The molecule has 0 radical (unpaired) electrons. The zero-order valence-electron chi connectivity index (χ0n) is 7.31. The van der Waals surface area contributed by atoms with Gasteiger partial charge in [-0.3, -0.25) is 9.36 Å². The Morgan fingerprint density at radius 3 is 2.86 bits per heavy atom. The van der Waals surface area contributed by atoms with Crippen LogP contribution in [0.15, 0.2) is 41.5 Å². The summed E-state index contributed by atoms with van der Waals surface area (Å²) < 4.78 is 1.44. The molecule has 1 heterocycles. The van der Waals surface area contributed by atoms with Crippen molar-refractivity contribution in [2.24, 2.45) is 0 Å². The van der Waals surface area contributed by atoms with Gasteiger partial charge in [-0.1, -0.05) is 12.1 Å². The maximum absolute atomic E-state index is 11.2. The summed E-state index contributed by atoms with van der Waals surface area (Å²) in [5.74, 6) is 0. The molecule has 4 nitrogen and oxygen atoms in total. The molecule has 70 valence electrons. The van der Waals surface area contributed by atoms with E-state index < -0.39 is 0 Å². The smallest absolute Gasteiger partial charge is 0.312 e. The lowest BCUT2D eigenvalue weighted by atomic mass is 10.2. The molecule has 0 fully saturated rings. The number of benzene rings is 1. The van der Waals surface area contributed by atoms with E-state index in [1.54, 1.807) is 36.7 Å². The third kappa shape index (κ3) is 1.37. The van der Waals surface area contributed by atoms with Gasteiger partial charge in [-0.25, -0.2) is 4.79 Å². The standard InChI is InChI=1S/C10H8N2O2/c13-7-8-2-1-3-9(6-8)12-5-4-11-10(12)14/h1-7H,(H,11,14). The Morgan fingerprint density at radius 2 is 2.21 bits per heavy atom. The van der Waals surface area contributed by atoms with E-state index in [9.17, 15) is 9.59 Å². The Labute approximate surface area is 79.8 Å². The van der Waals surface area contributed by atoms with Crippen LogP contribution in [0, 0.1) is 0 Å². The number of carbonyl (C=O) groups is 1. The van der Waals surface area contributed by atoms with E-state index in [1.165, 1.54) is 4.57 Å². The Bertz CT molecular complexity index is 511. The lowest BCUT2D eigenvalue weighted by Crippen LogP contribution is -2.13. The second-order valence-electron chi connectivity index (χ2n) is 2.85. The van der Waals surface area contributed by atoms with Crippen LogP contribution in [0.2, 0.25) is 0 Å². The molecule has 0 saturated carbocycles. The summed E-state index contributed by atoms with van der Waals surface area (Å²) in [5.41, 5.74) is 1.02. The first kappa shape index (κ1) is 8.50. The van der Waals surface area contributed by atoms with E-state index in [0.717, 1.165) is 6.29 Å². The molecule has 1 N–H and O–H groups in total. The van der Waals surface area contributed by atoms with Gasteiger partial charge in [-0.2, -0.15) is 0 Å². The van der Waals surface area contributed by atoms with Crippen LogP contribution < -0.4 is 5.69 Å². The minimum absolute atomic E-state index is 0.215. The largest absolute Gasteiger partial charge is 0.330 e. The number of aromatic nitrogens is 2. The van der Waals surface area contributed by atoms with Crippen molar-refractivity contribution in [1.82, 2.24) is 9.55 Å². The molecule has 1 aromatic heterocycles. The van der Waals surface area contributed by atoms with Crippen molar-refractivity contribution in [1.29, 1.82) is 0 Å². The number of hydrogen-bond acceptors (Lipinski definition) is 2. The van der Waals surface area contributed by atoms with Crippen LogP contribution in [-0.2, 0) is 0 Å². The molecule has 0 atom stereocenters. The molecule has 2 aromatic rings. The zero-order valence-corrected chi connectivity index (χ0v) is 7.31. The van der Waals surface area contributed by atoms with Gasteiger partial charge >= 0.3 is 5.69 Å². The summed E-state index contributed by atoms with van der Waals surface area (Å²) in [4.78, 5) is 24.3. The fourth-order valence-electron chi connectivity index (χ4n) is 1.27. The molecular formula is C10H8N2O2. The quantitative estimate of drug-likeness (QED) is 0.714. The van der Waals surface area contributed by atoms with Crippen LogP contribution in [0.25, 0.3) is 5.69 Å². The average molecular weight is 188 g/mol. The Morgan fingerprint density at radius 1 is 1.36 bits per heavy atom. The molecule has 0 aliphatic heterocycles. The summed E-state index contributed by atoms with van der Waals surface area (Å²) >= 11 is 0. The number of carbonyl (C=O) groups excluding carboxylic acids is 1. The van der Waals surface area contributed by atoms with Crippen molar-refractivity contribution in [2.75, 3.05) is 0 Å². The molecule has 0 aliphatic rings. The monoisotopic (exact) mass is 188 g/mol. The topological polar surface area (TPSA) is 54.9 Å². The number of rotatable bonds is 2. The first-order chi connectivity index (χ1) is 6.81. The first-order valence-corrected chi connectivity index (χ1v) is 4.13. The Balaban J connectivity index is 2.57. The van der Waals surface area contributed by atoms with Crippen molar-refractivity contribution in [3.05, 3.63) is 52.7 Å². The lowest BCUT2D eigenvalue weighted by Gasteiger charge is -2.00. The van der Waals surface area contributed by atoms with Gasteiger partial charge < -0.3 is 4.98 Å². The molecule has 1 aromatic carbocycles. The van der Waals surface area contributed by atoms with Crippen LogP contribution in [0.1, 0.15) is 10.4 Å². The summed E-state index contributed by atoms with van der Waals surface area (Å²) in [6.07, 6.45) is 3.92. The molecule has 0 bridgehead atoms. The van der Waals surface area contributed by atoms with Gasteiger partial charge in [-0.15, -0.1) is 0 Å². The number of nitrogens with zero attached hydrogens (tertiary/aromatic N) is 1. The molecule has 0 aliphatic carbocycles. The summed E-state index contributed by atoms with van der Waals surface area (Å²) in [5, 5.41) is 0. The number of hydrogen-bond donors (Lipinski definition) is 1. The predicted molar refractivity (Wildman–Crippen MR) is 51.8 cm³/mol. The molecule has 14 heavy (non-hydrogen) atoms. The van der Waals surface area contributed by atoms with Gasteiger partial charge in [0, 0.05) is 18.0 Å². The summed E-state index contributed by atoms with van der Waals surface area (Å²) in [7, 11) is 0. The maximum atomic E-state index is 11.2. The minimum atomic E-state index is -0.215. The number of aldehydes is 1. The van der Waals surface area contributed by atoms with Crippen LogP contribution in [0.3, 0.4) is 0 Å². The summed E-state index contributed by atoms with van der Waals surface area (Å²) in [6, 6.07) is 6.84. The third-order valence-corrected chi connectivity index (χ3v) is 1.93. The molecule has 4 heteroatoms. The maximum Gasteiger partial charge on any atom is 0.330 e. The van der Waals surface area contributed by atoms with E-state index >= 15 is 0 Å². The van der Waals surface area contributed by atoms with Crippen molar-refractivity contribution in [2.45, 2.75) is 0 Å². The fourth-order valence-corrected chi connectivity index (χ4v) is 1.27. The number of H-pyrrole nitrogens is 1. The van der Waals surface area contributed by atoms with Crippen molar-refractivity contribution < 1.29 is 4.79 Å². The predicted octanol–water partition coefficient (Wildman–Crippen LogP) is 0.978. The van der Waals surface area contributed by atoms with Gasteiger partial charge in [0.2, 0.25) is 0 Å². The first-order valence-electron chi connectivity index (χ1n) is 4.13. The summed E-state index contributed by atoms with van der Waals surface area (Å²) in [6.45, 7) is 0. The zero-order chi connectivity index (χ0) is 9.97. The van der Waals surface area contributed by atoms with E-state index in [-0.39, 0.29) is 5.69 Å². The van der Waals surface area contributed by atoms with Gasteiger partial charge in [0.15, 0.2) is 0 Å². The highest BCUT2D eigenvalue weighted by molar-refractivity contribution is 5.75. The van der Waals surface area contributed by atoms with E-state index in [0.29, 0.717) is 11.3 Å². The lowest BCUT2D eigenvalue weighted by molar-refractivity contribution is 0.112. The van der Waals surface area contributed by atoms with Gasteiger partial charge in [0.25, 0.3) is 0 Å². The second kappa shape index (κ2) is 3.33. The van der Waals surface area contributed by atoms with E-state index in [4.69, 9.17) is 0 Å². The Kier molecular flexibility index (Phi) is 2.02. The molecule has 0 spiro atoms. The minimum Gasteiger partial charge on any atom is -0.312 e. The molecule has 0 amide bonds. The molecule has 0 saturated heterocycles. The average Bonchev–Trinajstić information content (AvgIpc) is 2.65. The van der Waals surface area contributed by atoms with Crippen LogP contribution in [0.5, 0.6) is 0 Å². The normalized spacial score (nSPS) is 10.0. The number of aromatic amines is 1. The number of imidazole rings is 1. The fraction of sp³-hybridized carbons (Fsp3) is 0. The van der Waals surface area contributed by atoms with Gasteiger partial charge in [0.05, 0.1) is 5.69 Å². The third-order valence-electron chi connectivity index (χ3n) is 1.93. The van der Waals surface area contributed by atoms with Crippen LogP contribution >= 0.6 is 0 Å². The Hall–Kier alpha value is -2.10. The molecular weight excluding hydrogens is 180 g/mol. The highest BCUT2D eigenvalue weighted by atomic mass is 16.1. The number of nitrogens with one attached hydrogen (secondary N) is 1. The van der Waals surface area contributed by atoms with E-state index in [1.807, 2.05) is 0 Å². The van der Waals surface area contributed by atoms with E-state index in [2.05, 4.69) is 4.98 Å². The van der Waals surface area contributed by atoms with Crippen molar-refractivity contribution in [3.8, 4) is 5.69 Å². The van der Waals surface area contributed by atoms with Crippen molar-refractivity contribution >= 4 is 6.29 Å². The van der Waals surface area contributed by atoms with Crippen LogP contribution in [0.4, 0.5) is 0 Å². The van der Waals surface area contributed by atoms with Crippen LogP contribution in [-0.4, -0.2) is 15.8 Å². The molecule has 0 unspecified atom stereocenters. The highest BCUT2D eigenvalue weighted by Crippen LogP contribution is 2.06. The van der Waals surface area contributed by atoms with Gasteiger partial charge in [0.1, 0.15) is 6.29 Å². The van der Waals surface area contributed by atoms with Crippen molar-refractivity contribution in [3.63, 3.8) is 0 Å². The highest BCUT2D eigenvalue weighted by Gasteiger charge is 1.99.